The molecule has 0 aliphatic rings. The van der Waals surface area contributed by atoms with Gasteiger partial charge in [-0.3, -0.25) is 0 Å². The summed E-state index contributed by atoms with van der Waals surface area (Å²) in [6, 6.07) is 2.26. The zero-order chi connectivity index (χ0) is 13.9. The highest BCUT2D eigenvalue weighted by Gasteiger charge is 2.07. The smallest absolute Gasteiger partial charge is 0.0247 e. The maximum absolute atomic E-state index is 2.39. The second-order valence-electron chi connectivity index (χ2n) is 5.90. The average Bonchev–Trinajstić information content (AvgIpc) is 2.89. The van der Waals surface area contributed by atoms with Crippen LogP contribution in [-0.2, 0) is 13.0 Å². The zero-order valence-corrected chi connectivity index (χ0v) is 13.3. The van der Waals surface area contributed by atoms with Crippen LogP contribution in [0.3, 0.4) is 0 Å². The molecule has 0 radical (unpaired) electrons. The third-order valence-corrected chi connectivity index (χ3v) is 4.23. The van der Waals surface area contributed by atoms with Gasteiger partial charge in [-0.1, -0.05) is 65.7 Å². The first-order valence-electron chi connectivity index (χ1n) is 8.44. The second kappa shape index (κ2) is 10.1. The van der Waals surface area contributed by atoms with E-state index in [1.165, 1.54) is 63.5 Å². The summed E-state index contributed by atoms with van der Waals surface area (Å²) >= 11 is 0. The Hall–Kier alpha value is -0.720. The van der Waals surface area contributed by atoms with Gasteiger partial charge in [-0.05, 0) is 30.4 Å². The zero-order valence-electron chi connectivity index (χ0n) is 13.3. The normalized spacial score (nSPS) is 12.8. The van der Waals surface area contributed by atoms with Crippen molar-refractivity contribution in [2.75, 3.05) is 0 Å². The Morgan fingerprint density at radius 3 is 2.37 bits per heavy atom. The van der Waals surface area contributed by atoms with Crippen LogP contribution in [0.2, 0.25) is 0 Å². The van der Waals surface area contributed by atoms with Crippen LogP contribution in [0, 0.1) is 5.92 Å². The third kappa shape index (κ3) is 6.84. The van der Waals surface area contributed by atoms with E-state index in [-0.39, 0.29) is 0 Å². The van der Waals surface area contributed by atoms with E-state index in [9.17, 15) is 0 Å². The number of aryl methyl sites for hydroxylation is 1. The van der Waals surface area contributed by atoms with E-state index >= 15 is 0 Å². The van der Waals surface area contributed by atoms with Crippen molar-refractivity contribution in [1.82, 2.24) is 4.57 Å². The van der Waals surface area contributed by atoms with Gasteiger partial charge in [0.2, 0.25) is 0 Å². The Morgan fingerprint density at radius 1 is 1.00 bits per heavy atom. The molecule has 110 valence electrons. The van der Waals surface area contributed by atoms with Gasteiger partial charge in [-0.2, -0.15) is 0 Å². The molecule has 1 aromatic rings. The van der Waals surface area contributed by atoms with Crippen LogP contribution >= 0.6 is 0 Å². The van der Waals surface area contributed by atoms with Gasteiger partial charge >= 0.3 is 0 Å². The highest BCUT2D eigenvalue weighted by Crippen LogP contribution is 2.17. The lowest BCUT2D eigenvalue weighted by Crippen LogP contribution is -2.08. The minimum absolute atomic E-state index is 0.864. The summed E-state index contributed by atoms with van der Waals surface area (Å²) in [5.41, 5.74) is 1.47. The highest BCUT2D eigenvalue weighted by atomic mass is 14.9. The van der Waals surface area contributed by atoms with E-state index in [4.69, 9.17) is 0 Å². The first-order valence-corrected chi connectivity index (χ1v) is 8.44. The molecule has 1 unspecified atom stereocenters. The molecule has 0 aromatic carbocycles. The summed E-state index contributed by atoms with van der Waals surface area (Å²) < 4.78 is 2.39. The minimum atomic E-state index is 0.864. The molecule has 0 N–H and O–H groups in total. The SMILES string of the molecule is CCCCCCCCC(CC)Cn1ccc(CC)c1. The van der Waals surface area contributed by atoms with E-state index in [1.54, 1.807) is 0 Å². The van der Waals surface area contributed by atoms with Crippen molar-refractivity contribution < 1.29 is 0 Å². The van der Waals surface area contributed by atoms with Gasteiger partial charge in [0.05, 0.1) is 0 Å². The molecule has 1 heterocycles. The molecule has 0 saturated heterocycles. The maximum Gasteiger partial charge on any atom is 0.0247 e. The number of rotatable bonds is 11. The molecule has 0 fully saturated rings. The van der Waals surface area contributed by atoms with Gasteiger partial charge in [-0.25, -0.2) is 0 Å². The molecule has 0 bridgehead atoms. The molecule has 19 heavy (non-hydrogen) atoms. The van der Waals surface area contributed by atoms with Gasteiger partial charge in [-0.15, -0.1) is 0 Å². The third-order valence-electron chi connectivity index (χ3n) is 4.23. The quantitative estimate of drug-likeness (QED) is 0.443. The predicted octanol–water partition coefficient (Wildman–Crippen LogP) is 5.83. The lowest BCUT2D eigenvalue weighted by molar-refractivity contribution is 0.384. The first-order chi connectivity index (χ1) is 9.30. The molecule has 1 nitrogen and oxygen atoms in total. The summed E-state index contributed by atoms with van der Waals surface area (Å²) in [6.45, 7) is 8.07. The second-order valence-corrected chi connectivity index (χ2v) is 5.90. The van der Waals surface area contributed by atoms with E-state index in [0.717, 1.165) is 12.3 Å². The highest BCUT2D eigenvalue weighted by molar-refractivity contribution is 5.09. The number of hydrogen-bond donors (Lipinski definition) is 0. The molecule has 1 rings (SSSR count). The van der Waals surface area contributed by atoms with Gasteiger partial charge in [0, 0.05) is 18.9 Å². The fraction of sp³-hybridized carbons (Fsp3) is 0.778. The van der Waals surface area contributed by atoms with Crippen LogP contribution in [0.15, 0.2) is 18.5 Å². The molecule has 0 spiro atoms. The van der Waals surface area contributed by atoms with Crippen molar-refractivity contribution in [2.24, 2.45) is 5.92 Å². The van der Waals surface area contributed by atoms with E-state index < -0.39 is 0 Å². The Kier molecular flexibility index (Phi) is 8.69. The Labute approximate surface area is 120 Å². The number of hydrogen-bond acceptors (Lipinski definition) is 0. The molecule has 1 atom stereocenters. The summed E-state index contributed by atoms with van der Waals surface area (Å²) in [7, 11) is 0. The van der Waals surface area contributed by atoms with Crippen LogP contribution in [0.4, 0.5) is 0 Å². The molecular formula is C18H33N. The minimum Gasteiger partial charge on any atom is -0.354 e. The lowest BCUT2D eigenvalue weighted by Gasteiger charge is -2.15. The topological polar surface area (TPSA) is 4.93 Å². The Balaban J connectivity index is 2.18. The molecular weight excluding hydrogens is 230 g/mol. The molecule has 0 saturated carbocycles. The summed E-state index contributed by atoms with van der Waals surface area (Å²) in [4.78, 5) is 0. The molecule has 1 heteroatoms. The van der Waals surface area contributed by atoms with Gasteiger partial charge in [0.25, 0.3) is 0 Å². The van der Waals surface area contributed by atoms with Crippen LogP contribution < -0.4 is 0 Å². The maximum atomic E-state index is 2.39. The molecule has 1 aromatic heterocycles. The van der Waals surface area contributed by atoms with Crippen molar-refractivity contribution in [3.8, 4) is 0 Å². The van der Waals surface area contributed by atoms with Crippen LogP contribution in [0.25, 0.3) is 0 Å². The van der Waals surface area contributed by atoms with Gasteiger partial charge in [0.1, 0.15) is 0 Å². The van der Waals surface area contributed by atoms with Crippen molar-refractivity contribution >= 4 is 0 Å². The summed E-state index contributed by atoms with van der Waals surface area (Å²) in [5.74, 6) is 0.864. The number of nitrogens with zero attached hydrogens (tertiary/aromatic N) is 1. The number of aromatic nitrogens is 1. The largest absolute Gasteiger partial charge is 0.354 e. The predicted molar refractivity (Wildman–Crippen MR) is 85.6 cm³/mol. The van der Waals surface area contributed by atoms with Crippen molar-refractivity contribution in [3.63, 3.8) is 0 Å². The van der Waals surface area contributed by atoms with E-state index in [2.05, 4.69) is 43.8 Å². The Morgan fingerprint density at radius 2 is 1.74 bits per heavy atom. The van der Waals surface area contributed by atoms with Crippen molar-refractivity contribution in [3.05, 3.63) is 24.0 Å². The fourth-order valence-corrected chi connectivity index (χ4v) is 2.75. The van der Waals surface area contributed by atoms with E-state index in [0.29, 0.717) is 0 Å². The molecule has 0 aliphatic heterocycles. The first kappa shape index (κ1) is 16.3. The van der Waals surface area contributed by atoms with Gasteiger partial charge in [0.15, 0.2) is 0 Å². The van der Waals surface area contributed by atoms with Crippen molar-refractivity contribution in [1.29, 1.82) is 0 Å². The van der Waals surface area contributed by atoms with Crippen LogP contribution in [0.5, 0.6) is 0 Å². The molecule has 0 aliphatic carbocycles. The monoisotopic (exact) mass is 263 g/mol. The average molecular weight is 263 g/mol. The van der Waals surface area contributed by atoms with Crippen LogP contribution in [-0.4, -0.2) is 4.57 Å². The van der Waals surface area contributed by atoms with Gasteiger partial charge < -0.3 is 4.57 Å². The fourth-order valence-electron chi connectivity index (χ4n) is 2.75. The number of unbranched alkanes of at least 4 members (excludes halogenated alkanes) is 5. The molecule has 0 amide bonds. The standard InChI is InChI=1S/C18H33N/c1-4-7-8-9-10-11-12-17(5-2)15-19-14-13-18(6-3)16-19/h13-14,16-17H,4-12,15H2,1-3H3. The van der Waals surface area contributed by atoms with Crippen LogP contribution in [0.1, 0.15) is 77.7 Å². The van der Waals surface area contributed by atoms with Crippen molar-refractivity contribution in [2.45, 2.75) is 85.1 Å². The van der Waals surface area contributed by atoms with E-state index in [1.807, 2.05) is 0 Å². The summed E-state index contributed by atoms with van der Waals surface area (Å²) in [5, 5.41) is 0. The summed E-state index contributed by atoms with van der Waals surface area (Å²) in [6.07, 6.45) is 16.9. The Bertz CT molecular complexity index is 313. The lowest BCUT2D eigenvalue weighted by atomic mass is 9.98.